The molecule has 6 nitrogen and oxygen atoms in total. The summed E-state index contributed by atoms with van der Waals surface area (Å²) < 4.78 is 39.1. The highest BCUT2D eigenvalue weighted by atomic mass is 35.5. The molecule has 3 N–H and O–H groups in total. The van der Waals surface area contributed by atoms with Gasteiger partial charge in [0, 0.05) is 5.02 Å². The Morgan fingerprint density at radius 3 is 2.38 bits per heavy atom. The molecule has 1 aromatic carbocycles. The van der Waals surface area contributed by atoms with E-state index in [4.69, 9.17) is 11.6 Å². The fraction of sp³-hybridized carbons (Fsp3) is 0.182. The van der Waals surface area contributed by atoms with Gasteiger partial charge >= 0.3 is 11.9 Å². The van der Waals surface area contributed by atoms with E-state index in [1.807, 2.05) is 10.1 Å². The number of nitrogens with one attached hydrogen (secondary N) is 3. The number of rotatable bonds is 3. The van der Waals surface area contributed by atoms with Gasteiger partial charge in [-0.2, -0.15) is 13.2 Å². The second-order valence-electron chi connectivity index (χ2n) is 4.03. The molecule has 0 saturated carbocycles. The van der Waals surface area contributed by atoms with Gasteiger partial charge in [-0.3, -0.25) is 9.78 Å². The molecule has 0 fully saturated rings. The first-order valence-electron chi connectivity index (χ1n) is 5.55. The van der Waals surface area contributed by atoms with Crippen molar-refractivity contribution in [1.29, 1.82) is 0 Å². The summed E-state index contributed by atoms with van der Waals surface area (Å²) >= 11 is 5.61. The monoisotopic (exact) mass is 320 g/mol. The number of hydrogen-bond acceptors (Lipinski definition) is 3. The summed E-state index contributed by atoms with van der Waals surface area (Å²) in [7, 11) is 0. The molecule has 1 amide bonds. The van der Waals surface area contributed by atoms with Crippen LogP contribution in [0.2, 0.25) is 5.02 Å². The van der Waals surface area contributed by atoms with Crippen LogP contribution in [-0.2, 0) is 0 Å². The van der Waals surface area contributed by atoms with E-state index < -0.39 is 29.6 Å². The summed E-state index contributed by atoms with van der Waals surface area (Å²) in [5.41, 5.74) is -0.992. The predicted octanol–water partition coefficient (Wildman–Crippen LogP) is 1.78. The van der Waals surface area contributed by atoms with Crippen LogP contribution < -0.4 is 11.0 Å². The molecule has 0 aliphatic heterocycles. The zero-order valence-electron chi connectivity index (χ0n) is 10.2. The topological polar surface area (TPSA) is 90.6 Å². The zero-order valence-corrected chi connectivity index (χ0v) is 10.9. The molecule has 1 aromatic heterocycles. The zero-order chi connectivity index (χ0) is 15.6. The number of halogens is 4. The van der Waals surface area contributed by atoms with Crippen molar-refractivity contribution in [1.82, 2.24) is 20.5 Å². The molecule has 0 aliphatic carbocycles. The maximum Gasteiger partial charge on any atom is 0.412 e. The molecule has 0 aliphatic rings. The molecule has 2 rings (SSSR count). The van der Waals surface area contributed by atoms with Crippen molar-refractivity contribution in [2.75, 3.05) is 0 Å². The second kappa shape index (κ2) is 5.60. The number of aromatic amines is 2. The van der Waals surface area contributed by atoms with E-state index in [9.17, 15) is 22.8 Å². The summed E-state index contributed by atoms with van der Waals surface area (Å²) in [5, 5.41) is 7.18. The first-order chi connectivity index (χ1) is 9.77. The van der Waals surface area contributed by atoms with Crippen molar-refractivity contribution in [3.8, 4) is 0 Å². The SMILES string of the molecule is O=C(N[C@H](c1ccc(Cl)cc1)C(F)(F)F)c1n[nH]c(=O)[nH]1. The molecule has 0 bridgehead atoms. The molecule has 0 unspecified atom stereocenters. The van der Waals surface area contributed by atoms with E-state index in [0.717, 1.165) is 12.1 Å². The Hall–Kier alpha value is -2.29. The third-order valence-electron chi connectivity index (χ3n) is 2.52. The molecule has 1 atom stereocenters. The van der Waals surface area contributed by atoms with Crippen LogP contribution in [0, 0.1) is 0 Å². The van der Waals surface area contributed by atoms with Gasteiger partial charge in [-0.05, 0) is 17.7 Å². The van der Waals surface area contributed by atoms with Gasteiger partial charge in [0.05, 0.1) is 0 Å². The Morgan fingerprint density at radius 1 is 1.29 bits per heavy atom. The smallest absolute Gasteiger partial charge is 0.334 e. The van der Waals surface area contributed by atoms with Crippen molar-refractivity contribution in [3.05, 3.63) is 51.2 Å². The lowest BCUT2D eigenvalue weighted by Crippen LogP contribution is -2.38. The van der Waals surface area contributed by atoms with Crippen molar-refractivity contribution in [2.24, 2.45) is 0 Å². The molecule has 0 radical (unpaired) electrons. The minimum atomic E-state index is -4.72. The number of nitrogens with zero attached hydrogens (tertiary/aromatic N) is 1. The predicted molar refractivity (Wildman–Crippen MR) is 66.9 cm³/mol. The number of hydrogen-bond donors (Lipinski definition) is 3. The number of alkyl halides is 3. The fourth-order valence-corrected chi connectivity index (χ4v) is 1.71. The first kappa shape index (κ1) is 15.1. The lowest BCUT2D eigenvalue weighted by Gasteiger charge is -2.21. The van der Waals surface area contributed by atoms with Crippen molar-refractivity contribution >= 4 is 17.5 Å². The molecule has 21 heavy (non-hydrogen) atoms. The Morgan fingerprint density at radius 2 is 1.90 bits per heavy atom. The van der Waals surface area contributed by atoms with Crippen LogP contribution in [-0.4, -0.2) is 27.3 Å². The molecule has 0 spiro atoms. The molecule has 2 aromatic rings. The average molecular weight is 321 g/mol. The largest absolute Gasteiger partial charge is 0.412 e. The van der Waals surface area contributed by atoms with Gasteiger partial charge in [-0.15, -0.1) is 5.10 Å². The lowest BCUT2D eigenvalue weighted by molar-refractivity contribution is -0.155. The van der Waals surface area contributed by atoms with Gasteiger partial charge in [0.15, 0.2) is 6.04 Å². The summed E-state index contributed by atoms with van der Waals surface area (Å²) in [6.07, 6.45) is -4.72. The van der Waals surface area contributed by atoms with Crippen LogP contribution in [0.1, 0.15) is 22.2 Å². The maximum absolute atomic E-state index is 13.0. The maximum atomic E-state index is 13.0. The number of benzene rings is 1. The molecule has 112 valence electrons. The van der Waals surface area contributed by atoms with Crippen molar-refractivity contribution < 1.29 is 18.0 Å². The number of H-pyrrole nitrogens is 2. The van der Waals surface area contributed by atoms with E-state index >= 15 is 0 Å². The van der Waals surface area contributed by atoms with Gasteiger partial charge in [0.2, 0.25) is 5.82 Å². The van der Waals surface area contributed by atoms with Gasteiger partial charge in [0.1, 0.15) is 0 Å². The third kappa shape index (κ3) is 3.63. The summed E-state index contributed by atoms with van der Waals surface area (Å²) in [6, 6.07) is 2.60. The quantitative estimate of drug-likeness (QED) is 0.805. The van der Waals surface area contributed by atoms with Gasteiger partial charge in [-0.1, -0.05) is 23.7 Å². The summed E-state index contributed by atoms with van der Waals surface area (Å²) in [6.45, 7) is 0. The van der Waals surface area contributed by atoms with Crippen LogP contribution in [0.5, 0.6) is 0 Å². The van der Waals surface area contributed by atoms with Crippen molar-refractivity contribution in [3.63, 3.8) is 0 Å². The van der Waals surface area contributed by atoms with Crippen LogP contribution in [0.25, 0.3) is 0 Å². The van der Waals surface area contributed by atoms with Gasteiger partial charge in [-0.25, -0.2) is 9.89 Å². The Labute approximate surface area is 120 Å². The van der Waals surface area contributed by atoms with E-state index in [0.29, 0.717) is 0 Å². The Kier molecular flexibility index (Phi) is 4.03. The van der Waals surface area contributed by atoms with Gasteiger partial charge in [0.25, 0.3) is 5.91 Å². The average Bonchev–Trinajstić information content (AvgIpc) is 2.82. The third-order valence-corrected chi connectivity index (χ3v) is 2.77. The summed E-state index contributed by atoms with van der Waals surface area (Å²) in [5.74, 6) is -1.70. The number of carbonyl (C=O) groups excluding carboxylic acids is 1. The van der Waals surface area contributed by atoms with Crippen LogP contribution in [0.3, 0.4) is 0 Å². The van der Waals surface area contributed by atoms with E-state index in [2.05, 4.69) is 5.10 Å². The Bertz CT molecular complexity index is 692. The Balaban J connectivity index is 2.27. The van der Waals surface area contributed by atoms with Gasteiger partial charge < -0.3 is 5.32 Å². The second-order valence-corrected chi connectivity index (χ2v) is 4.46. The first-order valence-corrected chi connectivity index (χ1v) is 5.93. The molecular weight excluding hydrogens is 313 g/mol. The number of carbonyl (C=O) groups is 1. The molecule has 10 heteroatoms. The highest BCUT2D eigenvalue weighted by Gasteiger charge is 2.42. The molecule has 0 saturated heterocycles. The normalized spacial score (nSPS) is 13.0. The lowest BCUT2D eigenvalue weighted by atomic mass is 10.1. The highest BCUT2D eigenvalue weighted by Crippen LogP contribution is 2.33. The molecular formula is C11H8ClF3N4O2. The van der Waals surface area contributed by atoms with E-state index in [1.165, 1.54) is 12.1 Å². The highest BCUT2D eigenvalue weighted by molar-refractivity contribution is 6.30. The van der Waals surface area contributed by atoms with E-state index in [-0.39, 0.29) is 10.6 Å². The number of amides is 1. The number of aromatic nitrogens is 3. The van der Waals surface area contributed by atoms with Crippen LogP contribution in [0.4, 0.5) is 13.2 Å². The van der Waals surface area contributed by atoms with Crippen molar-refractivity contribution in [2.45, 2.75) is 12.2 Å². The van der Waals surface area contributed by atoms with Crippen LogP contribution in [0.15, 0.2) is 29.1 Å². The molecule has 1 heterocycles. The fourth-order valence-electron chi connectivity index (χ4n) is 1.59. The minimum absolute atomic E-state index is 0.196. The van der Waals surface area contributed by atoms with E-state index in [1.54, 1.807) is 5.32 Å². The minimum Gasteiger partial charge on any atom is -0.334 e. The standard InChI is InChI=1S/C11H8ClF3N4O2/c12-6-3-1-5(2-4-6)7(11(13,14)15)16-9(20)8-17-10(21)19-18-8/h1-4,7H,(H,16,20)(H2,17,18,19,21)/t7-/m1/s1. The summed E-state index contributed by atoms with van der Waals surface area (Å²) in [4.78, 5) is 24.4. The van der Waals surface area contributed by atoms with Crippen LogP contribution >= 0.6 is 11.6 Å².